The number of pyridine rings is 1. The topological polar surface area (TPSA) is 87.1 Å². The Balaban J connectivity index is 1.92. The number of benzene rings is 1. The van der Waals surface area contributed by atoms with Gasteiger partial charge in [0.15, 0.2) is 5.69 Å². The lowest BCUT2D eigenvalue weighted by Crippen LogP contribution is -2.40. The highest BCUT2D eigenvalue weighted by molar-refractivity contribution is 5.68. The molecule has 3 aromatic rings. The molecule has 2 N–H and O–H groups in total. The molecule has 0 amide bonds. The normalized spacial score (nSPS) is 19.4. The molecule has 1 aliphatic rings. The molecule has 0 aliphatic carbocycles. The lowest BCUT2D eigenvalue weighted by Gasteiger charge is -2.28. The zero-order valence-corrected chi connectivity index (χ0v) is 17.2. The van der Waals surface area contributed by atoms with E-state index < -0.39 is 52.4 Å². The van der Waals surface area contributed by atoms with Gasteiger partial charge in [-0.05, 0) is 49.9 Å². The first kappa shape index (κ1) is 22.9. The molecule has 1 aromatic carbocycles. The highest BCUT2D eigenvalue weighted by Crippen LogP contribution is 2.46. The van der Waals surface area contributed by atoms with Crippen molar-refractivity contribution in [3.05, 3.63) is 47.3 Å². The van der Waals surface area contributed by atoms with E-state index in [1.807, 2.05) is 0 Å². The number of nitrogens with two attached hydrogens (primary N) is 1. The van der Waals surface area contributed by atoms with Crippen LogP contribution in [0.4, 0.5) is 32.0 Å². The van der Waals surface area contributed by atoms with Crippen LogP contribution in [0.5, 0.6) is 11.6 Å². The van der Waals surface area contributed by atoms with Crippen molar-refractivity contribution in [1.29, 1.82) is 0 Å². The molecule has 0 fully saturated rings. The molecule has 176 valence electrons. The number of alkyl halides is 6. The van der Waals surface area contributed by atoms with Gasteiger partial charge in [0, 0.05) is 0 Å². The van der Waals surface area contributed by atoms with Crippen LogP contribution in [0.25, 0.3) is 11.6 Å². The minimum atomic E-state index is -4.86. The Morgan fingerprint density at radius 1 is 1.03 bits per heavy atom. The Kier molecular flexibility index (Phi) is 5.49. The van der Waals surface area contributed by atoms with Gasteiger partial charge in [-0.25, -0.2) is 4.98 Å². The van der Waals surface area contributed by atoms with E-state index in [0.717, 1.165) is 6.92 Å². The van der Waals surface area contributed by atoms with Crippen molar-refractivity contribution in [1.82, 2.24) is 15.2 Å². The molecule has 2 aromatic heterocycles. The van der Waals surface area contributed by atoms with Crippen molar-refractivity contribution in [3.8, 4) is 23.2 Å². The van der Waals surface area contributed by atoms with Crippen molar-refractivity contribution in [2.75, 3.05) is 5.73 Å². The van der Waals surface area contributed by atoms with Gasteiger partial charge >= 0.3 is 12.4 Å². The van der Waals surface area contributed by atoms with E-state index in [9.17, 15) is 26.3 Å². The van der Waals surface area contributed by atoms with Gasteiger partial charge in [-0.3, -0.25) is 0 Å². The molecule has 6 bridgehead atoms. The maximum absolute atomic E-state index is 14.0. The molecule has 6 nitrogen and oxygen atoms in total. The molecule has 12 heteroatoms. The summed E-state index contributed by atoms with van der Waals surface area (Å²) in [7, 11) is 0. The lowest BCUT2D eigenvalue weighted by molar-refractivity contribution is -0.194. The quantitative estimate of drug-likeness (QED) is 0.400. The fraction of sp³-hybridized carbons (Fsp3) is 0.381. The van der Waals surface area contributed by atoms with Crippen molar-refractivity contribution >= 4 is 5.69 Å². The number of hydrogen-bond donors (Lipinski definition) is 1. The summed E-state index contributed by atoms with van der Waals surface area (Å²) >= 11 is 0. The minimum Gasteiger partial charge on any atom is -0.438 e. The molecule has 3 heterocycles. The summed E-state index contributed by atoms with van der Waals surface area (Å²) in [6.45, 7) is 0.946. The Morgan fingerprint density at radius 2 is 1.79 bits per heavy atom. The highest BCUT2D eigenvalue weighted by atomic mass is 19.4. The third-order valence-corrected chi connectivity index (χ3v) is 5.55. The number of hydrogen-bond acceptors (Lipinski definition) is 6. The summed E-state index contributed by atoms with van der Waals surface area (Å²) in [6, 6.07) is 6.84. The molecule has 1 aliphatic heterocycles. The van der Waals surface area contributed by atoms with E-state index in [2.05, 4.69) is 15.2 Å². The number of nitrogens with zero attached hydrogens (tertiary/aromatic N) is 3. The Hall–Kier alpha value is -3.31. The van der Waals surface area contributed by atoms with E-state index in [0.29, 0.717) is 24.5 Å². The number of fused-ring (bicyclic) bond motifs is 7. The Labute approximate surface area is 183 Å². The average Bonchev–Trinajstić information content (AvgIpc) is 3.20. The van der Waals surface area contributed by atoms with Crippen molar-refractivity contribution in [3.63, 3.8) is 0 Å². The van der Waals surface area contributed by atoms with Crippen LogP contribution < -0.4 is 10.5 Å². The summed E-state index contributed by atoms with van der Waals surface area (Å²) in [5.41, 5.74) is 1.81. The molecular weight excluding hydrogens is 454 g/mol. The van der Waals surface area contributed by atoms with Gasteiger partial charge in [0.05, 0.1) is 5.69 Å². The molecule has 33 heavy (non-hydrogen) atoms. The zero-order valence-electron chi connectivity index (χ0n) is 17.2. The monoisotopic (exact) mass is 472 g/mol. The Morgan fingerprint density at radius 3 is 2.48 bits per heavy atom. The highest BCUT2D eigenvalue weighted by Gasteiger charge is 2.55. The number of rotatable bonds is 0. The van der Waals surface area contributed by atoms with Crippen LogP contribution in [-0.2, 0) is 18.0 Å². The maximum atomic E-state index is 14.0. The van der Waals surface area contributed by atoms with E-state index in [4.69, 9.17) is 14.9 Å². The minimum absolute atomic E-state index is 0.0856. The fourth-order valence-corrected chi connectivity index (χ4v) is 3.56. The first-order chi connectivity index (χ1) is 15.4. The third kappa shape index (κ3) is 4.33. The van der Waals surface area contributed by atoms with Crippen LogP contribution in [0.1, 0.15) is 43.2 Å². The molecule has 0 radical (unpaired) electrons. The maximum Gasteiger partial charge on any atom is 0.421 e. The smallest absolute Gasteiger partial charge is 0.421 e. The summed E-state index contributed by atoms with van der Waals surface area (Å²) in [5.74, 6) is -2.01. The molecule has 1 unspecified atom stereocenters. The van der Waals surface area contributed by atoms with Crippen LogP contribution in [0.3, 0.4) is 0 Å². The van der Waals surface area contributed by atoms with E-state index >= 15 is 0 Å². The van der Waals surface area contributed by atoms with Crippen molar-refractivity contribution in [2.45, 2.75) is 50.4 Å². The number of halogens is 6. The van der Waals surface area contributed by atoms with Gasteiger partial charge in [0.25, 0.3) is 5.89 Å². The first-order valence-corrected chi connectivity index (χ1v) is 9.94. The van der Waals surface area contributed by atoms with Crippen LogP contribution in [0.2, 0.25) is 0 Å². The number of anilines is 1. The van der Waals surface area contributed by atoms with Gasteiger partial charge < -0.3 is 14.9 Å². The van der Waals surface area contributed by atoms with E-state index in [1.165, 1.54) is 12.1 Å². The number of aromatic nitrogens is 3. The molecule has 0 spiro atoms. The second-order valence-electron chi connectivity index (χ2n) is 7.98. The SMILES string of the molecule is CC1(C(F)(F)F)CCCCc2cccc(c2)Oc2nc(c(N)cc2C(F)(F)F)-c2nnc1o2. The summed E-state index contributed by atoms with van der Waals surface area (Å²) in [6.07, 6.45) is -8.92. The van der Waals surface area contributed by atoms with Crippen molar-refractivity contribution in [2.24, 2.45) is 0 Å². The van der Waals surface area contributed by atoms with E-state index in [-0.39, 0.29) is 18.6 Å². The van der Waals surface area contributed by atoms with Crippen LogP contribution >= 0.6 is 0 Å². The van der Waals surface area contributed by atoms with E-state index in [1.54, 1.807) is 12.1 Å². The predicted octanol–water partition coefficient (Wildman–Crippen LogP) is 6.07. The second kappa shape index (κ2) is 7.92. The Bertz CT molecular complexity index is 1170. The van der Waals surface area contributed by atoms with Crippen molar-refractivity contribution < 1.29 is 35.5 Å². The summed E-state index contributed by atoms with van der Waals surface area (Å²) in [4.78, 5) is 3.81. The van der Waals surface area contributed by atoms with Gasteiger partial charge in [0.2, 0.25) is 11.8 Å². The molecule has 0 saturated heterocycles. The van der Waals surface area contributed by atoms with Crippen LogP contribution in [-0.4, -0.2) is 21.4 Å². The molecular formula is C21H18F6N4O2. The lowest BCUT2D eigenvalue weighted by atomic mass is 9.83. The molecule has 1 atom stereocenters. The van der Waals surface area contributed by atoms with Gasteiger partial charge in [-0.1, -0.05) is 18.6 Å². The van der Waals surface area contributed by atoms with Gasteiger partial charge in [0.1, 0.15) is 16.7 Å². The summed E-state index contributed by atoms with van der Waals surface area (Å²) in [5, 5.41) is 7.13. The zero-order chi connectivity index (χ0) is 24.0. The number of ether oxygens (including phenoxy) is 1. The standard InChI is InChI=1S/C21H18F6N4O2/c1-19(21(25,26)27)8-3-2-5-11-6-4-7-12(9-11)32-16-13(20(22,23)24)10-14(28)15(29-16)17-30-31-18(19)33-17/h4,6-7,9-10H,2-3,5,8,28H2,1H3. The third-order valence-electron chi connectivity index (χ3n) is 5.55. The van der Waals surface area contributed by atoms with Gasteiger partial charge in [-0.15, -0.1) is 10.2 Å². The van der Waals surface area contributed by atoms with Gasteiger partial charge in [-0.2, -0.15) is 26.3 Å². The van der Waals surface area contributed by atoms with Crippen LogP contribution in [0, 0.1) is 0 Å². The fourth-order valence-electron chi connectivity index (χ4n) is 3.56. The number of nitrogen functional groups attached to an aromatic ring is 1. The number of aryl methyl sites for hydroxylation is 1. The average molecular weight is 472 g/mol. The second-order valence-corrected chi connectivity index (χ2v) is 7.98. The first-order valence-electron chi connectivity index (χ1n) is 9.94. The van der Waals surface area contributed by atoms with Crippen LogP contribution in [0.15, 0.2) is 34.7 Å². The molecule has 4 rings (SSSR count). The largest absolute Gasteiger partial charge is 0.438 e. The molecule has 0 saturated carbocycles. The predicted molar refractivity (Wildman–Crippen MR) is 104 cm³/mol. The summed E-state index contributed by atoms with van der Waals surface area (Å²) < 4.78 is 93.5.